The minimum Gasteiger partial charge on any atom is -0.490 e. The van der Waals surface area contributed by atoms with Crippen molar-refractivity contribution < 1.29 is 9.47 Å². The van der Waals surface area contributed by atoms with E-state index in [1.165, 1.54) is 22.4 Å². The predicted octanol–water partition coefficient (Wildman–Crippen LogP) is 3.01. The Kier molecular flexibility index (Phi) is 5.95. The third kappa shape index (κ3) is 4.12. The highest BCUT2D eigenvalue weighted by molar-refractivity contribution is 5.69. The van der Waals surface area contributed by atoms with Crippen LogP contribution < -0.4 is 15.0 Å². The average Bonchev–Trinajstić information content (AvgIpc) is 2.95. The molecule has 4 heteroatoms. The van der Waals surface area contributed by atoms with E-state index in [1.54, 1.807) is 12.7 Å². The Labute approximate surface area is 162 Å². The highest BCUT2D eigenvalue weighted by Gasteiger charge is 2.26. The average molecular weight is 367 g/mol. The molecule has 2 aliphatic heterocycles. The molecule has 0 aliphatic carbocycles. The summed E-state index contributed by atoms with van der Waals surface area (Å²) >= 11 is 0. The van der Waals surface area contributed by atoms with Crippen molar-refractivity contribution in [3.63, 3.8) is 0 Å². The molecular weight excluding hydrogens is 336 g/mol. The second-order valence-electron chi connectivity index (χ2n) is 7.40. The lowest BCUT2D eigenvalue weighted by Crippen LogP contribution is -2.36. The molecular formula is C23H30N2O2. The van der Waals surface area contributed by atoms with Crippen LogP contribution in [-0.2, 0) is 30.4 Å². The monoisotopic (exact) mass is 366 g/mol. The van der Waals surface area contributed by atoms with Crippen LogP contribution in [0.3, 0.4) is 0 Å². The number of rotatable bonds is 6. The van der Waals surface area contributed by atoms with Gasteiger partial charge in [0.05, 0.1) is 18.8 Å². The van der Waals surface area contributed by atoms with Crippen molar-refractivity contribution >= 4 is 5.69 Å². The van der Waals surface area contributed by atoms with Gasteiger partial charge in [-0.15, -0.1) is 0 Å². The molecule has 0 unspecified atom stereocenters. The van der Waals surface area contributed by atoms with E-state index < -0.39 is 0 Å². The van der Waals surface area contributed by atoms with Gasteiger partial charge in [0.25, 0.3) is 0 Å². The van der Waals surface area contributed by atoms with Gasteiger partial charge in [-0.05, 0) is 67.1 Å². The van der Waals surface area contributed by atoms with E-state index in [9.17, 15) is 0 Å². The molecule has 144 valence electrons. The Hall–Kier alpha value is -2.04. The molecule has 0 aromatic heterocycles. The normalized spacial score (nSPS) is 16.3. The molecule has 0 atom stereocenters. The van der Waals surface area contributed by atoms with Crippen LogP contribution in [0.4, 0.5) is 5.69 Å². The fourth-order valence-corrected chi connectivity index (χ4v) is 4.34. The van der Waals surface area contributed by atoms with Gasteiger partial charge in [-0.1, -0.05) is 30.3 Å². The summed E-state index contributed by atoms with van der Waals surface area (Å²) < 4.78 is 11.5. The summed E-state index contributed by atoms with van der Waals surface area (Å²) in [5, 5.41) is 3.56. The van der Waals surface area contributed by atoms with Crippen molar-refractivity contribution in [2.45, 2.75) is 25.7 Å². The molecule has 2 aromatic rings. The van der Waals surface area contributed by atoms with Crippen LogP contribution in [0.1, 0.15) is 22.3 Å². The van der Waals surface area contributed by atoms with Crippen molar-refractivity contribution in [1.82, 2.24) is 5.32 Å². The van der Waals surface area contributed by atoms with E-state index in [1.807, 2.05) is 0 Å². The lowest BCUT2D eigenvalue weighted by Gasteiger charge is -2.35. The number of ether oxygens (including phenoxy) is 2. The van der Waals surface area contributed by atoms with Gasteiger partial charge in [0.15, 0.2) is 0 Å². The molecule has 4 nitrogen and oxygen atoms in total. The Bertz CT molecular complexity index is 761. The van der Waals surface area contributed by atoms with Crippen molar-refractivity contribution in [3.8, 4) is 5.75 Å². The number of nitrogens with one attached hydrogen (secondary N) is 1. The topological polar surface area (TPSA) is 33.7 Å². The summed E-state index contributed by atoms with van der Waals surface area (Å²) in [7, 11) is 1.78. The van der Waals surface area contributed by atoms with Gasteiger partial charge in [0.2, 0.25) is 0 Å². The van der Waals surface area contributed by atoms with Gasteiger partial charge in [0.1, 0.15) is 12.4 Å². The summed E-state index contributed by atoms with van der Waals surface area (Å²) in [4.78, 5) is 2.47. The smallest absolute Gasteiger partial charge is 0.143 e. The number of anilines is 1. The SMILES string of the molecule is COCCN1CCOc2cc3c(c(CCc4ccccc4)c21)CCNCC3. The van der Waals surface area contributed by atoms with Crippen LogP contribution in [0.15, 0.2) is 36.4 Å². The summed E-state index contributed by atoms with van der Waals surface area (Å²) in [5.74, 6) is 1.07. The number of hydrogen-bond acceptors (Lipinski definition) is 4. The standard InChI is InChI=1S/C23H30N2O2/c1-26-15-13-25-14-16-27-22-17-19-9-11-24-12-10-20(19)21(23(22)25)8-7-18-5-3-2-4-6-18/h2-6,17,24H,7-16H2,1H3. The molecule has 0 spiro atoms. The molecule has 1 N–H and O–H groups in total. The number of hydrogen-bond donors (Lipinski definition) is 1. The zero-order valence-electron chi connectivity index (χ0n) is 16.3. The van der Waals surface area contributed by atoms with E-state index in [0.717, 1.165) is 70.8 Å². The Morgan fingerprint density at radius 1 is 1.11 bits per heavy atom. The van der Waals surface area contributed by atoms with Gasteiger partial charge < -0.3 is 19.7 Å². The summed E-state index contributed by atoms with van der Waals surface area (Å²) in [6.07, 6.45) is 4.31. The van der Waals surface area contributed by atoms with Gasteiger partial charge in [-0.2, -0.15) is 0 Å². The van der Waals surface area contributed by atoms with E-state index in [2.05, 4.69) is 46.6 Å². The molecule has 0 saturated heterocycles. The molecule has 0 bridgehead atoms. The summed E-state index contributed by atoms with van der Waals surface area (Å²) in [6.45, 7) is 5.47. The Balaban J connectivity index is 1.72. The van der Waals surface area contributed by atoms with E-state index in [0.29, 0.717) is 0 Å². The zero-order chi connectivity index (χ0) is 18.5. The van der Waals surface area contributed by atoms with Crippen LogP contribution in [-0.4, -0.2) is 46.5 Å². The largest absolute Gasteiger partial charge is 0.490 e. The van der Waals surface area contributed by atoms with Crippen LogP contribution in [0.25, 0.3) is 0 Å². The highest BCUT2D eigenvalue weighted by atomic mass is 16.5. The second-order valence-corrected chi connectivity index (χ2v) is 7.40. The molecule has 0 saturated carbocycles. The maximum absolute atomic E-state index is 6.13. The van der Waals surface area contributed by atoms with E-state index in [4.69, 9.17) is 9.47 Å². The van der Waals surface area contributed by atoms with Crippen LogP contribution in [0, 0.1) is 0 Å². The van der Waals surface area contributed by atoms with Crippen LogP contribution in [0.5, 0.6) is 5.75 Å². The van der Waals surface area contributed by atoms with Crippen molar-refractivity contribution in [1.29, 1.82) is 0 Å². The minimum atomic E-state index is 0.746. The predicted molar refractivity (Wildman–Crippen MR) is 110 cm³/mol. The number of aryl methyl sites for hydroxylation is 1. The number of methoxy groups -OCH3 is 1. The van der Waals surface area contributed by atoms with E-state index in [-0.39, 0.29) is 0 Å². The first-order chi connectivity index (χ1) is 13.4. The number of nitrogens with zero attached hydrogens (tertiary/aromatic N) is 1. The number of fused-ring (bicyclic) bond motifs is 2. The Morgan fingerprint density at radius 3 is 2.81 bits per heavy atom. The first kappa shape index (κ1) is 18.3. The van der Waals surface area contributed by atoms with Gasteiger partial charge >= 0.3 is 0 Å². The molecule has 0 amide bonds. The molecule has 0 fully saturated rings. The first-order valence-electron chi connectivity index (χ1n) is 10.2. The third-order valence-corrected chi connectivity index (χ3v) is 5.71. The molecule has 4 rings (SSSR count). The number of benzene rings is 2. The van der Waals surface area contributed by atoms with Gasteiger partial charge in [-0.25, -0.2) is 0 Å². The van der Waals surface area contributed by atoms with E-state index >= 15 is 0 Å². The van der Waals surface area contributed by atoms with Crippen molar-refractivity contribution in [3.05, 3.63) is 58.7 Å². The maximum atomic E-state index is 6.13. The lowest BCUT2D eigenvalue weighted by atomic mass is 9.90. The van der Waals surface area contributed by atoms with Crippen LogP contribution in [0.2, 0.25) is 0 Å². The van der Waals surface area contributed by atoms with Crippen molar-refractivity contribution in [2.24, 2.45) is 0 Å². The minimum absolute atomic E-state index is 0.746. The first-order valence-corrected chi connectivity index (χ1v) is 10.2. The third-order valence-electron chi connectivity index (χ3n) is 5.71. The lowest BCUT2D eigenvalue weighted by molar-refractivity contribution is 0.201. The molecule has 27 heavy (non-hydrogen) atoms. The zero-order valence-corrected chi connectivity index (χ0v) is 16.3. The summed E-state index contributed by atoms with van der Waals surface area (Å²) in [5.41, 5.74) is 7.22. The summed E-state index contributed by atoms with van der Waals surface area (Å²) in [6, 6.07) is 13.1. The maximum Gasteiger partial charge on any atom is 0.143 e. The fraction of sp³-hybridized carbons (Fsp3) is 0.478. The van der Waals surface area contributed by atoms with Crippen molar-refractivity contribution in [2.75, 3.05) is 51.4 Å². The molecule has 2 heterocycles. The Morgan fingerprint density at radius 2 is 1.96 bits per heavy atom. The van der Waals surface area contributed by atoms with Gasteiger partial charge in [-0.3, -0.25) is 0 Å². The molecule has 0 radical (unpaired) electrons. The second kappa shape index (κ2) is 8.77. The molecule has 2 aliphatic rings. The molecule has 2 aromatic carbocycles. The quantitative estimate of drug-likeness (QED) is 0.852. The highest BCUT2D eigenvalue weighted by Crippen LogP contribution is 2.40. The van der Waals surface area contributed by atoms with Gasteiger partial charge in [0, 0.05) is 13.7 Å². The van der Waals surface area contributed by atoms with Crippen LogP contribution >= 0.6 is 0 Å². The fourth-order valence-electron chi connectivity index (χ4n) is 4.34.